The van der Waals surface area contributed by atoms with E-state index in [4.69, 9.17) is 5.73 Å². The highest BCUT2D eigenvalue weighted by atomic mass is 16.2. The van der Waals surface area contributed by atoms with Crippen molar-refractivity contribution in [3.8, 4) is 11.1 Å². The molecule has 33 heavy (non-hydrogen) atoms. The number of anilines is 3. The van der Waals surface area contributed by atoms with E-state index in [1.807, 2.05) is 30.3 Å². The first-order chi connectivity index (χ1) is 15.7. The molecule has 0 bridgehead atoms. The van der Waals surface area contributed by atoms with Crippen molar-refractivity contribution in [1.82, 2.24) is 24.4 Å². The van der Waals surface area contributed by atoms with Crippen LogP contribution < -0.4 is 16.0 Å². The van der Waals surface area contributed by atoms with Crippen molar-refractivity contribution in [2.24, 2.45) is 0 Å². The molecule has 1 aliphatic heterocycles. The van der Waals surface area contributed by atoms with Crippen LogP contribution >= 0.6 is 0 Å². The van der Waals surface area contributed by atoms with Gasteiger partial charge in [-0.2, -0.15) is 10.1 Å². The number of benzene rings is 1. The molecular weight excluding hydrogens is 420 g/mol. The zero-order chi connectivity index (χ0) is 23.3. The summed E-state index contributed by atoms with van der Waals surface area (Å²) in [5.74, 6) is -0.0145. The molecule has 1 aliphatic rings. The highest BCUT2D eigenvalue weighted by Gasteiger charge is 2.36. The maximum atomic E-state index is 12.7. The first kappa shape index (κ1) is 20.7. The van der Waals surface area contributed by atoms with E-state index in [9.17, 15) is 9.59 Å². The van der Waals surface area contributed by atoms with Gasteiger partial charge in [0.15, 0.2) is 5.65 Å². The second kappa shape index (κ2) is 7.44. The van der Waals surface area contributed by atoms with Crippen LogP contribution in [0.3, 0.4) is 0 Å². The highest BCUT2D eigenvalue weighted by molar-refractivity contribution is 5.97. The molecule has 4 aromatic rings. The fraction of sp³-hybridized carbons (Fsp3) is 0.261. The number of nitrogens with two attached hydrogens (primary N) is 1. The number of pyridine rings is 1. The minimum Gasteiger partial charge on any atom is -0.366 e. The lowest BCUT2D eigenvalue weighted by atomic mass is 9.87. The van der Waals surface area contributed by atoms with Gasteiger partial charge in [-0.3, -0.25) is 14.3 Å². The average molecular weight is 444 g/mol. The van der Waals surface area contributed by atoms with E-state index < -0.39 is 0 Å². The van der Waals surface area contributed by atoms with E-state index in [1.165, 1.54) is 0 Å². The van der Waals surface area contributed by atoms with Crippen molar-refractivity contribution in [2.45, 2.75) is 32.7 Å². The van der Waals surface area contributed by atoms with Crippen LogP contribution in [-0.2, 0) is 21.5 Å². The molecule has 0 fully saturated rings. The van der Waals surface area contributed by atoms with E-state index >= 15 is 0 Å². The van der Waals surface area contributed by atoms with E-state index in [0.29, 0.717) is 17.9 Å². The summed E-state index contributed by atoms with van der Waals surface area (Å²) in [6, 6.07) is 9.45. The van der Waals surface area contributed by atoms with Crippen molar-refractivity contribution in [3.05, 3.63) is 54.5 Å². The van der Waals surface area contributed by atoms with Crippen molar-refractivity contribution in [1.29, 1.82) is 0 Å². The number of nitrogens with one attached hydrogen (secondary N) is 1. The molecule has 4 heterocycles. The van der Waals surface area contributed by atoms with Gasteiger partial charge in [-0.25, -0.2) is 4.52 Å². The Balaban J connectivity index is 1.30. The van der Waals surface area contributed by atoms with Crippen LogP contribution in [0.25, 0.3) is 16.8 Å². The molecule has 1 aromatic carbocycles. The molecular formula is C23H24N8O2. The van der Waals surface area contributed by atoms with Crippen LogP contribution in [0.1, 0.15) is 26.3 Å². The second-order valence-electron chi connectivity index (χ2n) is 8.88. The largest absolute Gasteiger partial charge is 0.366 e. The number of fused-ring (bicyclic) bond motifs is 2. The zero-order valence-corrected chi connectivity index (χ0v) is 18.6. The van der Waals surface area contributed by atoms with E-state index in [0.717, 1.165) is 22.4 Å². The van der Waals surface area contributed by atoms with Crippen LogP contribution in [0.5, 0.6) is 0 Å². The lowest BCUT2D eigenvalue weighted by Crippen LogP contribution is -2.32. The van der Waals surface area contributed by atoms with Crippen molar-refractivity contribution >= 4 is 34.8 Å². The highest BCUT2D eigenvalue weighted by Crippen LogP contribution is 2.41. The number of hydrogen-bond donors (Lipinski definition) is 2. The van der Waals surface area contributed by atoms with Gasteiger partial charge in [0.1, 0.15) is 6.54 Å². The van der Waals surface area contributed by atoms with E-state index in [-0.39, 0.29) is 29.7 Å². The lowest BCUT2D eigenvalue weighted by Gasteiger charge is -2.19. The molecule has 5 rings (SSSR count). The third-order valence-electron chi connectivity index (χ3n) is 5.86. The number of aromatic nitrogens is 5. The number of hydrogen-bond acceptors (Lipinski definition) is 6. The van der Waals surface area contributed by atoms with Crippen LogP contribution in [-0.4, -0.2) is 42.7 Å². The van der Waals surface area contributed by atoms with Gasteiger partial charge >= 0.3 is 0 Å². The Bertz CT molecular complexity index is 1400. The Kier molecular flexibility index (Phi) is 4.66. The first-order valence-corrected chi connectivity index (χ1v) is 10.6. The molecule has 0 radical (unpaired) electrons. The van der Waals surface area contributed by atoms with Gasteiger partial charge in [0, 0.05) is 48.2 Å². The van der Waals surface area contributed by atoms with Gasteiger partial charge in [-0.1, -0.05) is 19.9 Å². The first-order valence-electron chi connectivity index (χ1n) is 10.6. The van der Waals surface area contributed by atoms with Crippen LogP contribution in [0.15, 0.2) is 48.9 Å². The van der Waals surface area contributed by atoms with Gasteiger partial charge in [0.2, 0.25) is 17.8 Å². The van der Waals surface area contributed by atoms with Crippen LogP contribution in [0.4, 0.5) is 17.3 Å². The van der Waals surface area contributed by atoms with Crippen LogP contribution in [0, 0.1) is 0 Å². The average Bonchev–Trinajstić information content (AvgIpc) is 3.42. The SMILES string of the molecule is CC(=O)N1CC(C)(C)c2ccc(NC(=O)Cn3cc(-c4ccn5nc(N)nc5c4)cn3)cc21. The van der Waals surface area contributed by atoms with E-state index in [2.05, 4.69) is 34.3 Å². The lowest BCUT2D eigenvalue weighted by molar-refractivity contribution is -0.117. The van der Waals surface area contributed by atoms with Gasteiger partial charge in [0.25, 0.3) is 0 Å². The molecule has 3 N–H and O–H groups in total. The Hall–Kier alpha value is -4.21. The Morgan fingerprint density at radius 1 is 1.18 bits per heavy atom. The molecule has 0 spiro atoms. The maximum Gasteiger partial charge on any atom is 0.246 e. The topological polar surface area (TPSA) is 123 Å². The standard InChI is InChI=1S/C23H24N8O2/c1-14(32)30-13-23(2,3)18-5-4-17(9-19(18)30)26-21(33)12-29-11-16(10-25-29)15-6-7-31-20(8-15)27-22(24)28-31/h4-11H,12-13H2,1-3H3,(H2,24,28)(H,26,33). The molecule has 2 amide bonds. The minimum absolute atomic E-state index is 0.0126. The number of nitrogens with zero attached hydrogens (tertiary/aromatic N) is 6. The van der Waals surface area contributed by atoms with Gasteiger partial charge in [-0.05, 0) is 35.4 Å². The monoisotopic (exact) mass is 444 g/mol. The molecule has 168 valence electrons. The number of nitrogen functional groups attached to an aromatic ring is 1. The number of rotatable bonds is 4. The minimum atomic E-state index is -0.211. The molecule has 0 unspecified atom stereocenters. The number of amides is 2. The third kappa shape index (κ3) is 3.79. The Morgan fingerprint density at radius 2 is 2.00 bits per heavy atom. The number of carbonyl (C=O) groups excluding carboxylic acids is 2. The molecule has 0 saturated heterocycles. The Morgan fingerprint density at radius 3 is 2.79 bits per heavy atom. The quantitative estimate of drug-likeness (QED) is 0.498. The summed E-state index contributed by atoms with van der Waals surface area (Å²) < 4.78 is 3.17. The Labute approximate surface area is 190 Å². The molecule has 3 aromatic heterocycles. The normalized spacial score (nSPS) is 14.5. The zero-order valence-electron chi connectivity index (χ0n) is 18.6. The fourth-order valence-electron chi connectivity index (χ4n) is 4.28. The summed E-state index contributed by atoms with van der Waals surface area (Å²) in [5.41, 5.74) is 10.5. The van der Waals surface area contributed by atoms with Crippen molar-refractivity contribution in [3.63, 3.8) is 0 Å². The smallest absolute Gasteiger partial charge is 0.246 e. The molecule has 10 nitrogen and oxygen atoms in total. The summed E-state index contributed by atoms with van der Waals surface area (Å²) in [6.07, 6.45) is 5.27. The molecule has 10 heteroatoms. The molecule has 0 atom stereocenters. The van der Waals surface area contributed by atoms with Gasteiger partial charge < -0.3 is 16.0 Å². The predicted octanol–water partition coefficient (Wildman–Crippen LogP) is 2.46. The number of carbonyl (C=O) groups is 2. The summed E-state index contributed by atoms with van der Waals surface area (Å²) in [5, 5.41) is 11.3. The van der Waals surface area contributed by atoms with Crippen LogP contribution in [0.2, 0.25) is 0 Å². The second-order valence-corrected chi connectivity index (χ2v) is 8.88. The van der Waals surface area contributed by atoms with Crippen molar-refractivity contribution < 1.29 is 9.59 Å². The maximum absolute atomic E-state index is 12.7. The van der Waals surface area contributed by atoms with Crippen molar-refractivity contribution in [2.75, 3.05) is 22.5 Å². The predicted molar refractivity (Wildman–Crippen MR) is 125 cm³/mol. The van der Waals surface area contributed by atoms with Gasteiger partial charge in [-0.15, -0.1) is 5.10 Å². The summed E-state index contributed by atoms with van der Waals surface area (Å²) in [4.78, 5) is 30.7. The van der Waals surface area contributed by atoms with E-state index in [1.54, 1.807) is 39.6 Å². The molecule has 0 aliphatic carbocycles. The summed E-state index contributed by atoms with van der Waals surface area (Å²) in [7, 11) is 0. The summed E-state index contributed by atoms with van der Waals surface area (Å²) in [6.45, 7) is 6.45. The van der Waals surface area contributed by atoms with Gasteiger partial charge in [0.05, 0.1) is 6.20 Å². The summed E-state index contributed by atoms with van der Waals surface area (Å²) >= 11 is 0. The fourth-order valence-corrected chi connectivity index (χ4v) is 4.28. The third-order valence-corrected chi connectivity index (χ3v) is 5.86. The molecule has 0 saturated carbocycles.